The molecule has 106 valence electrons. The monoisotopic (exact) mass is 283 g/mol. The number of aromatic nitrogens is 3. The number of para-hydroxylation sites is 1. The van der Waals surface area contributed by atoms with Gasteiger partial charge in [0.1, 0.15) is 11.6 Å². The number of carboxylic acid groups (broad SMARTS) is 1. The number of pyridine rings is 1. The Bertz CT molecular complexity index is 811. The lowest BCUT2D eigenvalue weighted by atomic mass is 10.1. The quantitative estimate of drug-likeness (QED) is 0.766. The number of aromatic carboxylic acids is 1. The van der Waals surface area contributed by atoms with Crippen LogP contribution in [-0.4, -0.2) is 33.1 Å². The predicted octanol–water partition coefficient (Wildman–Crippen LogP) is 2.26. The molecule has 21 heavy (non-hydrogen) atoms. The Kier molecular flexibility index (Phi) is 3.27. The summed E-state index contributed by atoms with van der Waals surface area (Å²) in [4.78, 5) is 22.5. The first-order chi connectivity index (χ1) is 10.2. The zero-order chi connectivity index (χ0) is 14.8. The van der Waals surface area contributed by atoms with E-state index in [1.165, 1.54) is 12.3 Å². The third kappa shape index (κ3) is 2.55. The lowest BCUT2D eigenvalue weighted by Crippen LogP contribution is -1.96. The van der Waals surface area contributed by atoms with Crippen molar-refractivity contribution in [3.05, 3.63) is 53.5 Å². The molecule has 0 aliphatic carbocycles. The summed E-state index contributed by atoms with van der Waals surface area (Å²) >= 11 is 0. The van der Waals surface area contributed by atoms with Gasteiger partial charge in [-0.3, -0.25) is 0 Å². The summed E-state index contributed by atoms with van der Waals surface area (Å²) < 4.78 is 5.31. The van der Waals surface area contributed by atoms with E-state index in [0.29, 0.717) is 23.4 Å². The Balaban J connectivity index is 1.96. The van der Waals surface area contributed by atoms with E-state index in [9.17, 15) is 4.79 Å². The third-order valence-corrected chi connectivity index (χ3v) is 3.18. The highest BCUT2D eigenvalue weighted by Gasteiger charge is 2.10. The van der Waals surface area contributed by atoms with Gasteiger partial charge in [-0.15, -0.1) is 0 Å². The minimum absolute atomic E-state index is 0.134. The number of hydrogen-bond donors (Lipinski definition) is 2. The van der Waals surface area contributed by atoms with E-state index < -0.39 is 5.97 Å². The van der Waals surface area contributed by atoms with Gasteiger partial charge in [-0.05, 0) is 12.1 Å². The Hall–Kier alpha value is -2.89. The molecule has 0 spiro atoms. The maximum atomic E-state index is 10.9. The van der Waals surface area contributed by atoms with E-state index in [1.807, 2.05) is 24.3 Å². The second-order valence-corrected chi connectivity index (χ2v) is 4.57. The van der Waals surface area contributed by atoms with Crippen LogP contribution in [0.15, 0.2) is 36.5 Å². The number of fused-ring (bicyclic) bond motifs is 1. The molecular weight excluding hydrogens is 270 g/mol. The molecule has 3 rings (SSSR count). The molecule has 0 saturated carbocycles. The zero-order valence-electron chi connectivity index (χ0n) is 11.3. The van der Waals surface area contributed by atoms with Crippen LogP contribution in [-0.2, 0) is 6.42 Å². The molecule has 2 N–H and O–H groups in total. The molecule has 0 amide bonds. The number of hydrogen-bond acceptors (Lipinski definition) is 4. The Morgan fingerprint density at radius 2 is 2.19 bits per heavy atom. The van der Waals surface area contributed by atoms with Crippen molar-refractivity contribution < 1.29 is 14.6 Å². The van der Waals surface area contributed by atoms with Crippen LogP contribution in [0.5, 0.6) is 5.75 Å². The van der Waals surface area contributed by atoms with Gasteiger partial charge < -0.3 is 14.8 Å². The number of rotatable bonds is 4. The van der Waals surface area contributed by atoms with Crippen LogP contribution in [0.2, 0.25) is 0 Å². The number of nitrogens with zero attached hydrogens (tertiary/aromatic N) is 2. The van der Waals surface area contributed by atoms with Gasteiger partial charge in [0, 0.05) is 18.2 Å². The average molecular weight is 283 g/mol. The molecule has 6 heteroatoms. The summed E-state index contributed by atoms with van der Waals surface area (Å²) in [5, 5.41) is 8.96. The number of carbonyl (C=O) groups is 1. The van der Waals surface area contributed by atoms with Crippen LogP contribution in [0.1, 0.15) is 21.7 Å². The summed E-state index contributed by atoms with van der Waals surface area (Å²) in [5.41, 5.74) is 2.25. The van der Waals surface area contributed by atoms with Gasteiger partial charge in [0.25, 0.3) is 0 Å². The Morgan fingerprint density at radius 3 is 2.95 bits per heavy atom. The van der Waals surface area contributed by atoms with Crippen LogP contribution in [0.4, 0.5) is 0 Å². The first kappa shape index (κ1) is 13.1. The minimum Gasteiger partial charge on any atom is -0.496 e. The maximum absolute atomic E-state index is 10.9. The van der Waals surface area contributed by atoms with Crippen molar-refractivity contribution in [1.82, 2.24) is 15.0 Å². The van der Waals surface area contributed by atoms with E-state index >= 15 is 0 Å². The SMILES string of the molecule is COc1ccccc1Cc1nc2ncc(C(=O)O)cc2[nH]1. The van der Waals surface area contributed by atoms with Crippen molar-refractivity contribution in [1.29, 1.82) is 0 Å². The molecule has 0 saturated heterocycles. The summed E-state index contributed by atoms with van der Waals surface area (Å²) in [6.07, 6.45) is 1.86. The van der Waals surface area contributed by atoms with E-state index in [2.05, 4.69) is 15.0 Å². The Labute approximate surface area is 120 Å². The number of carboxylic acids is 1. The van der Waals surface area contributed by atoms with Gasteiger partial charge in [0.15, 0.2) is 5.65 Å². The minimum atomic E-state index is -1.01. The van der Waals surface area contributed by atoms with Crippen LogP contribution in [0, 0.1) is 0 Å². The van der Waals surface area contributed by atoms with Crippen LogP contribution < -0.4 is 4.74 Å². The normalized spacial score (nSPS) is 10.7. The fourth-order valence-electron chi connectivity index (χ4n) is 2.18. The number of aromatic amines is 1. The van der Waals surface area contributed by atoms with Crippen molar-refractivity contribution in [3.63, 3.8) is 0 Å². The van der Waals surface area contributed by atoms with E-state index in [-0.39, 0.29) is 5.56 Å². The van der Waals surface area contributed by atoms with Crippen LogP contribution in [0.25, 0.3) is 11.2 Å². The fourth-order valence-corrected chi connectivity index (χ4v) is 2.18. The second-order valence-electron chi connectivity index (χ2n) is 4.57. The van der Waals surface area contributed by atoms with Crippen LogP contribution in [0.3, 0.4) is 0 Å². The van der Waals surface area contributed by atoms with Gasteiger partial charge in [-0.25, -0.2) is 14.8 Å². The van der Waals surface area contributed by atoms with Crippen molar-refractivity contribution in [3.8, 4) is 5.75 Å². The number of ether oxygens (including phenoxy) is 1. The van der Waals surface area contributed by atoms with Crippen LogP contribution >= 0.6 is 0 Å². The van der Waals surface area contributed by atoms with Crippen molar-refractivity contribution in [2.24, 2.45) is 0 Å². The Morgan fingerprint density at radius 1 is 1.38 bits per heavy atom. The molecule has 2 aromatic heterocycles. The van der Waals surface area contributed by atoms with Gasteiger partial charge in [0.2, 0.25) is 0 Å². The molecule has 0 atom stereocenters. The van der Waals surface area contributed by atoms with Gasteiger partial charge in [-0.1, -0.05) is 18.2 Å². The topological polar surface area (TPSA) is 88.1 Å². The smallest absolute Gasteiger partial charge is 0.337 e. The second kappa shape index (κ2) is 5.24. The van der Waals surface area contributed by atoms with E-state index in [4.69, 9.17) is 9.84 Å². The summed E-state index contributed by atoms with van der Waals surface area (Å²) in [6, 6.07) is 9.22. The number of H-pyrrole nitrogens is 1. The molecule has 6 nitrogen and oxygen atoms in total. The summed E-state index contributed by atoms with van der Waals surface area (Å²) in [5.74, 6) is 0.493. The maximum Gasteiger partial charge on any atom is 0.337 e. The average Bonchev–Trinajstić information content (AvgIpc) is 2.89. The summed E-state index contributed by atoms with van der Waals surface area (Å²) in [7, 11) is 1.62. The van der Waals surface area contributed by atoms with Gasteiger partial charge in [-0.2, -0.15) is 0 Å². The first-order valence-corrected chi connectivity index (χ1v) is 6.37. The number of imidazole rings is 1. The van der Waals surface area contributed by atoms with Crippen molar-refractivity contribution in [2.75, 3.05) is 7.11 Å². The van der Waals surface area contributed by atoms with Gasteiger partial charge in [0.05, 0.1) is 18.2 Å². The lowest BCUT2D eigenvalue weighted by Gasteiger charge is -2.05. The third-order valence-electron chi connectivity index (χ3n) is 3.18. The fraction of sp³-hybridized carbons (Fsp3) is 0.133. The molecule has 0 aliphatic heterocycles. The number of methoxy groups -OCH3 is 1. The highest BCUT2D eigenvalue weighted by molar-refractivity contribution is 5.90. The molecular formula is C15H13N3O3. The molecule has 1 aromatic carbocycles. The molecule has 0 fully saturated rings. The molecule has 0 unspecified atom stereocenters. The van der Waals surface area contributed by atoms with Gasteiger partial charge >= 0.3 is 5.97 Å². The van der Waals surface area contributed by atoms with Crippen molar-refractivity contribution >= 4 is 17.1 Å². The molecule has 3 aromatic rings. The predicted molar refractivity (Wildman–Crippen MR) is 76.6 cm³/mol. The number of benzene rings is 1. The standard InChI is InChI=1S/C15H13N3O3/c1-21-12-5-3-2-4-9(12)7-13-17-11-6-10(15(19)20)8-16-14(11)18-13/h2-6,8H,7H2,1H3,(H,19,20)(H,16,17,18). The van der Waals surface area contributed by atoms with Crippen molar-refractivity contribution in [2.45, 2.75) is 6.42 Å². The number of nitrogens with one attached hydrogen (secondary N) is 1. The zero-order valence-corrected chi connectivity index (χ0v) is 11.3. The summed E-state index contributed by atoms with van der Waals surface area (Å²) in [6.45, 7) is 0. The van der Waals surface area contributed by atoms with E-state index in [0.717, 1.165) is 11.3 Å². The lowest BCUT2D eigenvalue weighted by molar-refractivity contribution is 0.0696. The largest absolute Gasteiger partial charge is 0.496 e. The molecule has 2 heterocycles. The van der Waals surface area contributed by atoms with E-state index in [1.54, 1.807) is 7.11 Å². The first-order valence-electron chi connectivity index (χ1n) is 6.37. The highest BCUT2D eigenvalue weighted by Crippen LogP contribution is 2.21. The molecule has 0 bridgehead atoms. The molecule has 0 radical (unpaired) electrons. The highest BCUT2D eigenvalue weighted by atomic mass is 16.5. The molecule has 0 aliphatic rings.